The summed E-state index contributed by atoms with van der Waals surface area (Å²) < 4.78 is 6.35. The maximum atomic E-state index is 10.5. The molecule has 3 nitrogen and oxygen atoms in total. The second kappa shape index (κ2) is 5.38. The minimum atomic E-state index is -0.384. The number of para-hydroxylation sites is 1. The average Bonchev–Trinajstić information content (AvgIpc) is 2.62. The molecule has 3 heteroatoms. The predicted octanol–water partition coefficient (Wildman–Crippen LogP) is 3.14. The lowest BCUT2D eigenvalue weighted by atomic mass is 9.83. The number of aliphatic hydroxyl groups is 1. The van der Waals surface area contributed by atoms with Crippen molar-refractivity contribution in [3.8, 4) is 5.75 Å². The third-order valence-corrected chi connectivity index (χ3v) is 4.83. The Morgan fingerprint density at radius 3 is 2.85 bits per heavy atom. The van der Waals surface area contributed by atoms with Gasteiger partial charge in [-0.1, -0.05) is 18.2 Å². The van der Waals surface area contributed by atoms with E-state index in [1.54, 1.807) is 0 Å². The molecule has 1 fully saturated rings. The Hall–Kier alpha value is -1.06. The summed E-state index contributed by atoms with van der Waals surface area (Å²) in [4.78, 5) is 2.52. The lowest BCUT2D eigenvalue weighted by Gasteiger charge is -2.40. The van der Waals surface area contributed by atoms with E-state index < -0.39 is 0 Å². The number of hydrogen-bond acceptors (Lipinski definition) is 3. The fourth-order valence-electron chi connectivity index (χ4n) is 3.60. The molecular weight excluding hydrogens is 250 g/mol. The Balaban J connectivity index is 1.81. The monoisotopic (exact) mass is 275 g/mol. The zero-order chi connectivity index (χ0) is 14.2. The number of benzene rings is 1. The van der Waals surface area contributed by atoms with Gasteiger partial charge in [-0.25, -0.2) is 0 Å². The molecule has 0 aliphatic carbocycles. The van der Waals surface area contributed by atoms with Gasteiger partial charge in [0.05, 0.1) is 6.10 Å². The Labute approximate surface area is 121 Å². The van der Waals surface area contributed by atoms with Gasteiger partial charge in [0.25, 0.3) is 0 Å². The molecule has 2 unspecified atom stereocenters. The van der Waals surface area contributed by atoms with Crippen LogP contribution in [0.25, 0.3) is 0 Å². The second-order valence-electron chi connectivity index (χ2n) is 6.53. The van der Waals surface area contributed by atoms with Gasteiger partial charge in [-0.3, -0.25) is 0 Å². The Morgan fingerprint density at radius 1 is 1.25 bits per heavy atom. The lowest BCUT2D eigenvalue weighted by molar-refractivity contribution is -0.0242. The van der Waals surface area contributed by atoms with E-state index in [1.165, 1.54) is 0 Å². The number of fused-ring (bicyclic) bond motifs is 1. The molecule has 110 valence electrons. The van der Waals surface area contributed by atoms with Gasteiger partial charge in [0.2, 0.25) is 0 Å². The van der Waals surface area contributed by atoms with Crippen LogP contribution in [-0.4, -0.2) is 34.7 Å². The summed E-state index contributed by atoms with van der Waals surface area (Å²) in [6, 6.07) is 8.51. The van der Waals surface area contributed by atoms with Gasteiger partial charge < -0.3 is 14.7 Å². The molecule has 2 aliphatic heterocycles. The highest BCUT2D eigenvalue weighted by Crippen LogP contribution is 2.44. The molecule has 0 saturated carbocycles. The van der Waals surface area contributed by atoms with E-state index in [0.717, 1.165) is 50.1 Å². The van der Waals surface area contributed by atoms with Crippen molar-refractivity contribution in [3.05, 3.63) is 29.8 Å². The summed E-state index contributed by atoms with van der Waals surface area (Å²) in [6.45, 7) is 6.71. The summed E-state index contributed by atoms with van der Waals surface area (Å²) >= 11 is 0. The van der Waals surface area contributed by atoms with E-state index in [0.29, 0.717) is 6.04 Å². The van der Waals surface area contributed by atoms with Crippen molar-refractivity contribution in [3.63, 3.8) is 0 Å². The third-order valence-electron chi connectivity index (χ3n) is 4.83. The molecule has 1 spiro atoms. The quantitative estimate of drug-likeness (QED) is 0.854. The van der Waals surface area contributed by atoms with E-state index in [-0.39, 0.29) is 11.7 Å². The molecule has 2 heterocycles. The SMILES string of the molecule is CC(C)N1CCCC2(CC1)CC(O)c1ccccc1O2. The minimum Gasteiger partial charge on any atom is -0.487 e. The highest BCUT2D eigenvalue weighted by Gasteiger charge is 2.41. The van der Waals surface area contributed by atoms with Gasteiger partial charge >= 0.3 is 0 Å². The zero-order valence-corrected chi connectivity index (χ0v) is 12.5. The van der Waals surface area contributed by atoms with Crippen molar-refractivity contribution in [1.29, 1.82) is 0 Å². The maximum absolute atomic E-state index is 10.5. The van der Waals surface area contributed by atoms with Crippen LogP contribution in [0.4, 0.5) is 0 Å². The Bertz CT molecular complexity index is 474. The Morgan fingerprint density at radius 2 is 2.05 bits per heavy atom. The van der Waals surface area contributed by atoms with Crippen LogP contribution in [0.1, 0.15) is 51.2 Å². The molecule has 1 aromatic rings. The van der Waals surface area contributed by atoms with Crippen LogP contribution in [-0.2, 0) is 0 Å². The molecule has 3 rings (SSSR count). The molecular formula is C17H25NO2. The van der Waals surface area contributed by atoms with E-state index >= 15 is 0 Å². The zero-order valence-electron chi connectivity index (χ0n) is 12.5. The van der Waals surface area contributed by atoms with Crippen molar-refractivity contribution in [2.24, 2.45) is 0 Å². The fraction of sp³-hybridized carbons (Fsp3) is 0.647. The van der Waals surface area contributed by atoms with E-state index in [9.17, 15) is 5.11 Å². The first-order chi connectivity index (χ1) is 9.60. The van der Waals surface area contributed by atoms with Crippen LogP contribution >= 0.6 is 0 Å². The average molecular weight is 275 g/mol. The van der Waals surface area contributed by atoms with Crippen molar-refractivity contribution < 1.29 is 9.84 Å². The standard InChI is InChI=1S/C17H25NO2/c1-13(2)18-10-5-8-17(9-11-18)12-15(19)14-6-3-4-7-16(14)20-17/h3-4,6-7,13,15,19H,5,8-12H2,1-2H3. The molecule has 0 aromatic heterocycles. The highest BCUT2D eigenvalue weighted by atomic mass is 16.5. The maximum Gasteiger partial charge on any atom is 0.125 e. The van der Waals surface area contributed by atoms with Crippen molar-refractivity contribution in [1.82, 2.24) is 4.90 Å². The molecule has 20 heavy (non-hydrogen) atoms. The van der Waals surface area contributed by atoms with E-state index in [4.69, 9.17) is 4.74 Å². The van der Waals surface area contributed by atoms with Crippen LogP contribution in [0.5, 0.6) is 5.75 Å². The molecule has 2 aliphatic rings. The number of rotatable bonds is 1. The predicted molar refractivity (Wildman–Crippen MR) is 79.9 cm³/mol. The topological polar surface area (TPSA) is 32.7 Å². The van der Waals surface area contributed by atoms with Crippen LogP contribution in [0.15, 0.2) is 24.3 Å². The first-order valence-electron chi connectivity index (χ1n) is 7.80. The molecule has 0 amide bonds. The number of aliphatic hydroxyl groups excluding tert-OH is 1. The highest BCUT2D eigenvalue weighted by molar-refractivity contribution is 5.38. The third kappa shape index (κ3) is 2.57. The number of nitrogens with zero attached hydrogens (tertiary/aromatic N) is 1. The van der Waals surface area contributed by atoms with Gasteiger partial charge in [0.1, 0.15) is 11.4 Å². The molecule has 1 N–H and O–H groups in total. The van der Waals surface area contributed by atoms with Crippen LogP contribution in [0, 0.1) is 0 Å². The first kappa shape index (κ1) is 13.9. The van der Waals surface area contributed by atoms with Gasteiger partial charge in [-0.15, -0.1) is 0 Å². The summed E-state index contributed by atoms with van der Waals surface area (Å²) in [5, 5.41) is 10.5. The van der Waals surface area contributed by atoms with Crippen LogP contribution in [0.3, 0.4) is 0 Å². The molecule has 0 radical (unpaired) electrons. The molecule has 1 saturated heterocycles. The second-order valence-corrected chi connectivity index (χ2v) is 6.53. The fourth-order valence-corrected chi connectivity index (χ4v) is 3.60. The van der Waals surface area contributed by atoms with E-state index in [2.05, 4.69) is 18.7 Å². The molecule has 2 atom stereocenters. The smallest absolute Gasteiger partial charge is 0.125 e. The number of likely N-dealkylation sites (tertiary alicyclic amines) is 1. The van der Waals surface area contributed by atoms with Crippen molar-refractivity contribution in [2.45, 2.75) is 57.3 Å². The molecule has 0 bridgehead atoms. The van der Waals surface area contributed by atoms with Crippen LogP contribution < -0.4 is 4.74 Å². The normalized spacial score (nSPS) is 30.9. The van der Waals surface area contributed by atoms with Gasteiger partial charge in [-0.2, -0.15) is 0 Å². The minimum absolute atomic E-state index is 0.169. The van der Waals surface area contributed by atoms with Crippen molar-refractivity contribution >= 4 is 0 Å². The van der Waals surface area contributed by atoms with Gasteiger partial charge in [0, 0.05) is 24.6 Å². The van der Waals surface area contributed by atoms with Gasteiger partial charge in [-0.05, 0) is 45.7 Å². The van der Waals surface area contributed by atoms with Crippen molar-refractivity contribution in [2.75, 3.05) is 13.1 Å². The largest absolute Gasteiger partial charge is 0.487 e. The number of hydrogen-bond donors (Lipinski definition) is 1. The lowest BCUT2D eigenvalue weighted by Crippen LogP contribution is -2.42. The molecule has 1 aromatic carbocycles. The summed E-state index contributed by atoms with van der Waals surface area (Å²) in [6.07, 6.45) is 3.55. The van der Waals surface area contributed by atoms with Gasteiger partial charge in [0.15, 0.2) is 0 Å². The Kier molecular flexibility index (Phi) is 3.74. The number of ether oxygens (including phenoxy) is 1. The van der Waals surface area contributed by atoms with E-state index in [1.807, 2.05) is 24.3 Å². The van der Waals surface area contributed by atoms with Crippen LogP contribution in [0.2, 0.25) is 0 Å². The summed E-state index contributed by atoms with van der Waals surface area (Å²) in [5.41, 5.74) is 0.778. The summed E-state index contributed by atoms with van der Waals surface area (Å²) in [5.74, 6) is 0.879. The first-order valence-corrected chi connectivity index (χ1v) is 7.80. The summed E-state index contributed by atoms with van der Waals surface area (Å²) in [7, 11) is 0.